The van der Waals surface area contributed by atoms with Gasteiger partial charge in [0.05, 0.1) is 10.7 Å². The summed E-state index contributed by atoms with van der Waals surface area (Å²) in [5.74, 6) is -0.306. The van der Waals surface area contributed by atoms with Crippen LogP contribution in [0.1, 0.15) is 45.4 Å². The summed E-state index contributed by atoms with van der Waals surface area (Å²) in [4.78, 5) is 52.5. The quantitative estimate of drug-likeness (QED) is 0.714. The highest BCUT2D eigenvalue weighted by atomic mass is 35.5. The van der Waals surface area contributed by atoms with Gasteiger partial charge in [0, 0.05) is 18.7 Å². The van der Waals surface area contributed by atoms with E-state index in [0.29, 0.717) is 48.1 Å². The molecule has 3 fully saturated rings. The van der Waals surface area contributed by atoms with E-state index in [1.54, 1.807) is 23.1 Å². The highest BCUT2D eigenvalue weighted by molar-refractivity contribution is 6.34. The molecule has 1 aromatic rings. The van der Waals surface area contributed by atoms with Gasteiger partial charge >= 0.3 is 6.03 Å². The number of nitrogens with one attached hydrogen (secondary N) is 2. The number of amides is 5. The average Bonchev–Trinajstić information content (AvgIpc) is 3.23. The van der Waals surface area contributed by atoms with Gasteiger partial charge in [-0.15, -0.1) is 0 Å². The first-order valence-corrected chi connectivity index (χ1v) is 10.7. The van der Waals surface area contributed by atoms with E-state index in [0.717, 1.165) is 24.2 Å². The predicted molar refractivity (Wildman–Crippen MR) is 112 cm³/mol. The van der Waals surface area contributed by atoms with E-state index in [1.165, 1.54) is 0 Å². The third-order valence-corrected chi connectivity index (χ3v) is 6.61. The highest BCUT2D eigenvalue weighted by Gasteiger charge is 2.52. The number of rotatable bonds is 4. The molecule has 2 N–H and O–H groups in total. The van der Waals surface area contributed by atoms with E-state index in [4.69, 9.17) is 11.6 Å². The van der Waals surface area contributed by atoms with Crippen LogP contribution in [-0.2, 0) is 14.4 Å². The lowest BCUT2D eigenvalue weighted by molar-refractivity contribution is -0.135. The summed E-state index contributed by atoms with van der Waals surface area (Å²) >= 11 is 6.21. The van der Waals surface area contributed by atoms with Crippen molar-refractivity contribution in [2.24, 2.45) is 5.92 Å². The van der Waals surface area contributed by atoms with Crippen molar-refractivity contribution in [1.82, 2.24) is 10.2 Å². The normalized spacial score (nSPS) is 26.5. The monoisotopic (exact) mass is 432 g/mol. The van der Waals surface area contributed by atoms with Gasteiger partial charge in [0.15, 0.2) is 0 Å². The molecule has 0 unspecified atom stereocenters. The van der Waals surface area contributed by atoms with E-state index < -0.39 is 17.5 Å². The third-order valence-electron chi connectivity index (χ3n) is 6.28. The molecule has 1 aromatic carbocycles. The largest absolute Gasteiger partial charge is 0.325 e. The van der Waals surface area contributed by atoms with Crippen molar-refractivity contribution < 1.29 is 19.2 Å². The number of nitrogens with zero attached hydrogens (tertiary/aromatic N) is 2. The summed E-state index contributed by atoms with van der Waals surface area (Å²) in [6.07, 6.45) is 4.20. The number of anilines is 2. The van der Waals surface area contributed by atoms with Gasteiger partial charge < -0.3 is 15.5 Å². The van der Waals surface area contributed by atoms with Gasteiger partial charge in [-0.25, -0.2) is 4.79 Å². The second-order valence-corrected chi connectivity index (χ2v) is 8.85. The van der Waals surface area contributed by atoms with Crippen LogP contribution in [0.5, 0.6) is 0 Å². The molecule has 0 radical (unpaired) electrons. The van der Waals surface area contributed by atoms with Crippen molar-refractivity contribution >= 4 is 46.7 Å². The Kier molecular flexibility index (Phi) is 5.44. The van der Waals surface area contributed by atoms with Crippen LogP contribution >= 0.6 is 11.6 Å². The number of benzene rings is 1. The van der Waals surface area contributed by atoms with Gasteiger partial charge in [-0.05, 0) is 56.2 Å². The van der Waals surface area contributed by atoms with Crippen LogP contribution in [-0.4, -0.2) is 47.3 Å². The van der Waals surface area contributed by atoms with Gasteiger partial charge in [0.1, 0.15) is 12.1 Å². The van der Waals surface area contributed by atoms with E-state index >= 15 is 0 Å². The Morgan fingerprint density at radius 2 is 2.00 bits per heavy atom. The number of carbonyl (C=O) groups excluding carboxylic acids is 4. The fourth-order valence-electron chi connectivity index (χ4n) is 4.45. The third kappa shape index (κ3) is 3.76. The van der Waals surface area contributed by atoms with Crippen LogP contribution < -0.4 is 15.5 Å². The molecule has 9 heteroatoms. The summed E-state index contributed by atoms with van der Waals surface area (Å²) in [6, 6.07) is 4.45. The topological polar surface area (TPSA) is 98.8 Å². The van der Waals surface area contributed by atoms with Gasteiger partial charge in [-0.1, -0.05) is 18.5 Å². The lowest BCUT2D eigenvalue weighted by Gasteiger charge is -2.33. The van der Waals surface area contributed by atoms with Crippen molar-refractivity contribution in [3.05, 3.63) is 23.2 Å². The molecule has 2 aliphatic heterocycles. The molecular weight excluding hydrogens is 408 g/mol. The fourth-order valence-corrected chi connectivity index (χ4v) is 4.61. The Morgan fingerprint density at radius 1 is 1.27 bits per heavy atom. The predicted octanol–water partition coefficient (Wildman–Crippen LogP) is 2.91. The van der Waals surface area contributed by atoms with Crippen molar-refractivity contribution in [2.75, 3.05) is 23.3 Å². The van der Waals surface area contributed by atoms with Crippen LogP contribution in [0.4, 0.5) is 16.2 Å². The number of urea groups is 1. The molecule has 30 heavy (non-hydrogen) atoms. The molecule has 4 rings (SSSR count). The van der Waals surface area contributed by atoms with Crippen LogP contribution in [0.15, 0.2) is 18.2 Å². The van der Waals surface area contributed by atoms with Crippen molar-refractivity contribution in [1.29, 1.82) is 0 Å². The number of imide groups is 1. The van der Waals surface area contributed by atoms with Crippen molar-refractivity contribution in [3.8, 4) is 0 Å². The van der Waals surface area contributed by atoms with Gasteiger partial charge in [-0.3, -0.25) is 19.3 Å². The minimum Gasteiger partial charge on any atom is -0.323 e. The maximum Gasteiger partial charge on any atom is 0.325 e. The van der Waals surface area contributed by atoms with Crippen LogP contribution in [0.3, 0.4) is 0 Å². The molecule has 160 valence electrons. The SMILES string of the molecule is CC1CCC2(CC1)NC(=O)N(CC(=O)Nc1cc(N3CCCC3=O)ccc1Cl)C2=O. The van der Waals surface area contributed by atoms with Crippen LogP contribution in [0.25, 0.3) is 0 Å². The fraction of sp³-hybridized carbons (Fsp3) is 0.524. The summed E-state index contributed by atoms with van der Waals surface area (Å²) in [7, 11) is 0. The molecule has 1 spiro atoms. The van der Waals surface area contributed by atoms with Crippen molar-refractivity contribution in [2.45, 2.75) is 51.0 Å². The Hall–Kier alpha value is -2.61. The molecule has 3 aliphatic rings. The van der Waals surface area contributed by atoms with E-state index in [9.17, 15) is 19.2 Å². The second kappa shape index (κ2) is 7.91. The van der Waals surface area contributed by atoms with Gasteiger partial charge in [0.25, 0.3) is 5.91 Å². The summed E-state index contributed by atoms with van der Waals surface area (Å²) < 4.78 is 0. The Balaban J connectivity index is 1.44. The molecule has 8 nitrogen and oxygen atoms in total. The molecule has 1 aliphatic carbocycles. The molecular formula is C21H25ClN4O4. The molecule has 2 heterocycles. The maximum absolute atomic E-state index is 12.9. The minimum absolute atomic E-state index is 0.0287. The van der Waals surface area contributed by atoms with E-state index in [1.807, 2.05) is 0 Å². The first kappa shape index (κ1) is 20.7. The highest BCUT2D eigenvalue weighted by Crippen LogP contribution is 2.36. The Morgan fingerprint density at radius 3 is 2.67 bits per heavy atom. The lowest BCUT2D eigenvalue weighted by Crippen LogP contribution is -2.49. The smallest absolute Gasteiger partial charge is 0.323 e. The summed E-state index contributed by atoms with van der Waals surface area (Å²) in [5, 5.41) is 5.79. The molecule has 2 saturated heterocycles. The second-order valence-electron chi connectivity index (χ2n) is 8.45. The summed E-state index contributed by atoms with van der Waals surface area (Å²) in [5.41, 5.74) is 0.118. The zero-order chi connectivity index (χ0) is 21.5. The molecule has 5 amide bonds. The zero-order valence-corrected chi connectivity index (χ0v) is 17.6. The number of hydrogen-bond acceptors (Lipinski definition) is 4. The standard InChI is InChI=1S/C21H25ClN4O4/c1-13-6-8-21(9-7-13)19(29)26(20(30)24-21)12-17(27)23-16-11-14(4-5-15(16)22)25-10-2-3-18(25)28/h4-5,11,13H,2-3,6-10,12H2,1H3,(H,23,27)(H,24,30). The van der Waals surface area contributed by atoms with Gasteiger partial charge in [0.2, 0.25) is 11.8 Å². The maximum atomic E-state index is 12.9. The lowest BCUT2D eigenvalue weighted by atomic mass is 9.77. The summed E-state index contributed by atoms with van der Waals surface area (Å²) in [6.45, 7) is 2.37. The Bertz CT molecular complexity index is 910. The first-order chi connectivity index (χ1) is 14.3. The molecule has 0 aromatic heterocycles. The Labute approximate surface area is 179 Å². The van der Waals surface area contributed by atoms with Gasteiger partial charge in [-0.2, -0.15) is 0 Å². The number of carbonyl (C=O) groups is 4. The van der Waals surface area contributed by atoms with E-state index in [-0.39, 0.29) is 18.4 Å². The van der Waals surface area contributed by atoms with E-state index in [2.05, 4.69) is 17.6 Å². The molecule has 1 saturated carbocycles. The molecule has 0 atom stereocenters. The average molecular weight is 433 g/mol. The van der Waals surface area contributed by atoms with Crippen LogP contribution in [0, 0.1) is 5.92 Å². The number of hydrogen-bond donors (Lipinski definition) is 2. The van der Waals surface area contributed by atoms with Crippen LogP contribution in [0.2, 0.25) is 5.02 Å². The minimum atomic E-state index is -0.877. The van der Waals surface area contributed by atoms with Crippen molar-refractivity contribution in [3.63, 3.8) is 0 Å². The zero-order valence-electron chi connectivity index (χ0n) is 16.9. The first-order valence-electron chi connectivity index (χ1n) is 10.3. The molecule has 0 bridgehead atoms. The number of halogens is 1.